The van der Waals surface area contributed by atoms with Crippen LogP contribution in [-0.4, -0.2) is 5.91 Å². The number of hydrogen-bond donors (Lipinski definition) is 1. The van der Waals surface area contributed by atoms with Crippen molar-refractivity contribution in [1.29, 1.82) is 0 Å². The van der Waals surface area contributed by atoms with Crippen LogP contribution in [0.2, 0.25) is 0 Å². The molecule has 0 saturated heterocycles. The average Bonchev–Trinajstić information content (AvgIpc) is 2.46. The van der Waals surface area contributed by atoms with E-state index in [1.165, 1.54) is 6.07 Å². The van der Waals surface area contributed by atoms with Gasteiger partial charge in [0.1, 0.15) is 0 Å². The number of amides is 1. The summed E-state index contributed by atoms with van der Waals surface area (Å²) in [5.74, 6) is -0.240. The molecule has 6 heteroatoms. The summed E-state index contributed by atoms with van der Waals surface area (Å²) in [5, 5.41) is 2.63. The molecule has 0 aliphatic carbocycles. The van der Waals surface area contributed by atoms with Gasteiger partial charge in [-0.1, -0.05) is 46.3 Å². The van der Waals surface area contributed by atoms with Gasteiger partial charge in [-0.3, -0.25) is 4.79 Å². The summed E-state index contributed by atoms with van der Waals surface area (Å²) < 4.78 is 38.6. The van der Waals surface area contributed by atoms with Crippen LogP contribution in [-0.2, 0) is 23.9 Å². The highest BCUT2D eigenvalue weighted by Gasteiger charge is 2.30. The Balaban J connectivity index is 2.00. The van der Waals surface area contributed by atoms with E-state index in [1.807, 2.05) is 30.3 Å². The summed E-state index contributed by atoms with van der Waals surface area (Å²) in [5.41, 5.74) is 0.502. The molecule has 2 rings (SSSR count). The van der Waals surface area contributed by atoms with Crippen LogP contribution in [0.3, 0.4) is 0 Å². The molecule has 0 bridgehead atoms. The van der Waals surface area contributed by atoms with E-state index in [0.717, 1.165) is 17.7 Å². The number of alkyl halides is 3. The van der Waals surface area contributed by atoms with E-state index in [2.05, 4.69) is 21.2 Å². The van der Waals surface area contributed by atoms with Gasteiger partial charge in [-0.15, -0.1) is 0 Å². The van der Waals surface area contributed by atoms with Gasteiger partial charge in [0.2, 0.25) is 5.91 Å². The minimum absolute atomic E-state index is 0.0379. The van der Waals surface area contributed by atoms with Crippen LogP contribution in [0.15, 0.2) is 53.0 Å². The van der Waals surface area contributed by atoms with E-state index in [-0.39, 0.29) is 18.9 Å². The number of carbonyl (C=O) groups excluding carboxylic acids is 1. The Morgan fingerprint density at radius 1 is 1.09 bits per heavy atom. The Morgan fingerprint density at radius 2 is 1.77 bits per heavy atom. The molecule has 0 aromatic heterocycles. The Labute approximate surface area is 134 Å². The highest BCUT2D eigenvalue weighted by atomic mass is 79.9. The summed E-state index contributed by atoms with van der Waals surface area (Å²) in [6, 6.07) is 12.5. The molecule has 0 aliphatic rings. The van der Waals surface area contributed by atoms with Crippen molar-refractivity contribution in [3.63, 3.8) is 0 Å². The third-order valence-corrected chi connectivity index (χ3v) is 3.83. The molecular weight excluding hydrogens is 359 g/mol. The quantitative estimate of drug-likeness (QED) is 0.851. The molecule has 0 fully saturated rings. The van der Waals surface area contributed by atoms with Crippen LogP contribution in [0, 0.1) is 0 Å². The molecule has 2 aromatic carbocycles. The SMILES string of the molecule is O=C(Cc1ccccc1)NCc1cc(C(F)(F)F)ccc1Br. The normalized spacial score (nSPS) is 11.3. The number of halogens is 4. The highest BCUT2D eigenvalue weighted by Crippen LogP contribution is 2.31. The van der Waals surface area contributed by atoms with Gasteiger partial charge in [-0.2, -0.15) is 13.2 Å². The van der Waals surface area contributed by atoms with Crippen molar-refractivity contribution in [2.45, 2.75) is 19.1 Å². The number of hydrogen-bond acceptors (Lipinski definition) is 1. The second-order valence-electron chi connectivity index (χ2n) is 4.74. The van der Waals surface area contributed by atoms with Crippen LogP contribution < -0.4 is 5.32 Å². The number of carbonyl (C=O) groups is 1. The molecule has 1 N–H and O–H groups in total. The molecule has 1 amide bonds. The first-order valence-corrected chi connectivity index (χ1v) is 7.32. The Morgan fingerprint density at radius 3 is 2.41 bits per heavy atom. The second-order valence-corrected chi connectivity index (χ2v) is 5.60. The molecule has 22 heavy (non-hydrogen) atoms. The summed E-state index contributed by atoms with van der Waals surface area (Å²) in [6.45, 7) is 0.0379. The molecule has 2 nitrogen and oxygen atoms in total. The standard InChI is InChI=1S/C16H13BrF3NO/c17-14-7-6-13(16(18,19)20)9-12(14)10-21-15(22)8-11-4-2-1-3-5-11/h1-7,9H,8,10H2,(H,21,22). The van der Waals surface area contributed by atoms with E-state index >= 15 is 0 Å². The van der Waals surface area contributed by atoms with Gasteiger partial charge >= 0.3 is 6.18 Å². The lowest BCUT2D eigenvalue weighted by Gasteiger charge is -2.11. The second kappa shape index (κ2) is 6.96. The zero-order valence-electron chi connectivity index (χ0n) is 11.5. The van der Waals surface area contributed by atoms with Gasteiger partial charge in [0.05, 0.1) is 12.0 Å². The Kier molecular flexibility index (Phi) is 5.24. The van der Waals surface area contributed by atoms with Crippen molar-refractivity contribution in [3.05, 3.63) is 69.7 Å². The largest absolute Gasteiger partial charge is 0.416 e. The maximum atomic E-state index is 12.7. The monoisotopic (exact) mass is 371 g/mol. The molecule has 0 aliphatic heterocycles. The molecule has 0 atom stereocenters. The van der Waals surface area contributed by atoms with Crippen LogP contribution in [0.4, 0.5) is 13.2 Å². The van der Waals surface area contributed by atoms with Crippen molar-refractivity contribution < 1.29 is 18.0 Å². The first-order chi connectivity index (χ1) is 10.4. The van der Waals surface area contributed by atoms with Gasteiger partial charge in [-0.25, -0.2) is 0 Å². The Bertz CT molecular complexity index is 656. The van der Waals surface area contributed by atoms with Crippen molar-refractivity contribution in [3.8, 4) is 0 Å². The predicted octanol–water partition coefficient (Wildman–Crippen LogP) is 4.33. The minimum atomic E-state index is -4.40. The summed E-state index contributed by atoms with van der Waals surface area (Å²) >= 11 is 3.20. The topological polar surface area (TPSA) is 29.1 Å². The summed E-state index contributed by atoms with van der Waals surface area (Å²) in [6.07, 6.45) is -4.21. The fourth-order valence-corrected chi connectivity index (χ4v) is 2.31. The van der Waals surface area contributed by atoms with E-state index in [0.29, 0.717) is 10.0 Å². The van der Waals surface area contributed by atoms with Crippen LogP contribution >= 0.6 is 15.9 Å². The number of benzene rings is 2. The first kappa shape index (κ1) is 16.5. The predicted molar refractivity (Wildman–Crippen MR) is 81.1 cm³/mol. The summed E-state index contributed by atoms with van der Waals surface area (Å²) in [4.78, 5) is 11.8. The maximum Gasteiger partial charge on any atom is 0.416 e. The molecule has 0 spiro atoms. The van der Waals surface area contributed by atoms with Gasteiger partial charge in [0, 0.05) is 11.0 Å². The minimum Gasteiger partial charge on any atom is -0.352 e. The van der Waals surface area contributed by atoms with Gasteiger partial charge in [-0.05, 0) is 29.3 Å². The molecule has 0 unspecified atom stereocenters. The third-order valence-electron chi connectivity index (χ3n) is 3.06. The van der Waals surface area contributed by atoms with Crippen LogP contribution in [0.5, 0.6) is 0 Å². The van der Waals surface area contributed by atoms with Gasteiger partial charge in [0.15, 0.2) is 0 Å². The van der Waals surface area contributed by atoms with Crippen molar-refractivity contribution in [1.82, 2.24) is 5.32 Å². The molecule has 0 radical (unpaired) electrons. The third kappa shape index (κ3) is 4.59. The van der Waals surface area contributed by atoms with Crippen molar-refractivity contribution in [2.75, 3.05) is 0 Å². The molecular formula is C16H13BrF3NO. The fourth-order valence-electron chi connectivity index (χ4n) is 1.92. The molecule has 0 heterocycles. The lowest BCUT2D eigenvalue weighted by Crippen LogP contribution is -2.25. The van der Waals surface area contributed by atoms with Crippen molar-refractivity contribution >= 4 is 21.8 Å². The lowest BCUT2D eigenvalue weighted by molar-refractivity contribution is -0.137. The zero-order chi connectivity index (χ0) is 16.2. The van der Waals surface area contributed by atoms with Gasteiger partial charge < -0.3 is 5.32 Å². The average molecular weight is 372 g/mol. The van der Waals surface area contributed by atoms with E-state index < -0.39 is 11.7 Å². The molecule has 0 saturated carbocycles. The highest BCUT2D eigenvalue weighted by molar-refractivity contribution is 9.10. The van der Waals surface area contributed by atoms with E-state index in [4.69, 9.17) is 0 Å². The number of rotatable bonds is 4. The fraction of sp³-hybridized carbons (Fsp3) is 0.188. The van der Waals surface area contributed by atoms with Crippen molar-refractivity contribution in [2.24, 2.45) is 0 Å². The zero-order valence-corrected chi connectivity index (χ0v) is 13.0. The smallest absolute Gasteiger partial charge is 0.352 e. The van der Waals surface area contributed by atoms with Crippen LogP contribution in [0.1, 0.15) is 16.7 Å². The Hall–Kier alpha value is -1.82. The first-order valence-electron chi connectivity index (χ1n) is 6.52. The lowest BCUT2D eigenvalue weighted by atomic mass is 10.1. The van der Waals surface area contributed by atoms with E-state index in [9.17, 15) is 18.0 Å². The van der Waals surface area contributed by atoms with Crippen LogP contribution in [0.25, 0.3) is 0 Å². The maximum absolute atomic E-state index is 12.7. The summed E-state index contributed by atoms with van der Waals surface area (Å²) in [7, 11) is 0. The number of nitrogens with one attached hydrogen (secondary N) is 1. The van der Waals surface area contributed by atoms with Gasteiger partial charge in [0.25, 0.3) is 0 Å². The van der Waals surface area contributed by atoms with E-state index in [1.54, 1.807) is 0 Å². The molecule has 2 aromatic rings. The molecule has 116 valence electrons.